The SMILES string of the molecule is COc1ccc(S(=O)Nc2ccccc2C(=O)Nc2ccccc2)cc1. The van der Waals surface area contributed by atoms with Crippen LogP contribution in [-0.2, 0) is 11.0 Å². The number of para-hydroxylation sites is 2. The molecule has 0 radical (unpaired) electrons. The van der Waals surface area contributed by atoms with Gasteiger partial charge in [-0.3, -0.25) is 4.79 Å². The summed E-state index contributed by atoms with van der Waals surface area (Å²) in [6.45, 7) is 0. The van der Waals surface area contributed by atoms with E-state index in [9.17, 15) is 9.00 Å². The minimum atomic E-state index is -1.50. The lowest BCUT2D eigenvalue weighted by Gasteiger charge is -2.12. The highest BCUT2D eigenvalue weighted by molar-refractivity contribution is 7.86. The molecule has 0 saturated heterocycles. The van der Waals surface area contributed by atoms with Gasteiger partial charge in [0, 0.05) is 5.69 Å². The summed E-state index contributed by atoms with van der Waals surface area (Å²) in [5.74, 6) is 0.416. The van der Waals surface area contributed by atoms with E-state index in [4.69, 9.17) is 4.74 Å². The van der Waals surface area contributed by atoms with E-state index in [1.165, 1.54) is 0 Å². The molecule has 0 bridgehead atoms. The molecule has 0 aliphatic heterocycles. The molecule has 0 heterocycles. The molecule has 0 aliphatic rings. The summed E-state index contributed by atoms with van der Waals surface area (Å²) in [4.78, 5) is 13.2. The van der Waals surface area contributed by atoms with Gasteiger partial charge in [-0.2, -0.15) is 0 Å². The topological polar surface area (TPSA) is 67.4 Å². The van der Waals surface area contributed by atoms with Crippen molar-refractivity contribution in [2.24, 2.45) is 0 Å². The van der Waals surface area contributed by atoms with Crippen LogP contribution in [-0.4, -0.2) is 17.2 Å². The molecule has 3 aromatic carbocycles. The number of rotatable bonds is 6. The van der Waals surface area contributed by atoms with Gasteiger partial charge in [-0.25, -0.2) is 4.21 Å². The molecular weight excluding hydrogens is 348 g/mol. The summed E-state index contributed by atoms with van der Waals surface area (Å²) in [6, 6.07) is 23.1. The van der Waals surface area contributed by atoms with E-state index in [2.05, 4.69) is 10.0 Å². The Kier molecular flexibility index (Phi) is 5.66. The zero-order valence-electron chi connectivity index (χ0n) is 14.1. The van der Waals surface area contributed by atoms with Crippen LogP contribution < -0.4 is 14.8 Å². The lowest BCUT2D eigenvalue weighted by atomic mass is 10.1. The van der Waals surface area contributed by atoms with Crippen LogP contribution in [0.1, 0.15) is 10.4 Å². The maximum atomic E-state index is 12.6. The van der Waals surface area contributed by atoms with Crippen LogP contribution in [0.5, 0.6) is 5.75 Å². The molecule has 0 aliphatic carbocycles. The highest BCUT2D eigenvalue weighted by Crippen LogP contribution is 2.21. The van der Waals surface area contributed by atoms with Gasteiger partial charge >= 0.3 is 0 Å². The van der Waals surface area contributed by atoms with Crippen LogP contribution in [0.25, 0.3) is 0 Å². The fraction of sp³-hybridized carbons (Fsp3) is 0.0500. The number of benzene rings is 3. The highest BCUT2D eigenvalue weighted by atomic mass is 32.2. The minimum Gasteiger partial charge on any atom is -0.497 e. The number of hydrogen-bond donors (Lipinski definition) is 2. The van der Waals surface area contributed by atoms with Crippen LogP contribution in [0, 0.1) is 0 Å². The molecule has 0 fully saturated rings. The van der Waals surface area contributed by atoms with Crippen LogP contribution in [0.15, 0.2) is 83.8 Å². The molecule has 2 N–H and O–H groups in total. The Morgan fingerprint density at radius 2 is 1.54 bits per heavy atom. The molecule has 132 valence electrons. The van der Waals surface area contributed by atoms with Gasteiger partial charge in [0.05, 0.1) is 23.3 Å². The van der Waals surface area contributed by atoms with E-state index < -0.39 is 11.0 Å². The number of carbonyl (C=O) groups is 1. The third-order valence-corrected chi connectivity index (χ3v) is 4.79. The van der Waals surface area contributed by atoms with Crippen LogP contribution in [0.4, 0.5) is 11.4 Å². The second-order valence-electron chi connectivity index (χ2n) is 5.41. The number of hydrogen-bond acceptors (Lipinski definition) is 3. The molecule has 6 heteroatoms. The molecule has 5 nitrogen and oxygen atoms in total. The van der Waals surface area contributed by atoms with Gasteiger partial charge in [0.2, 0.25) is 0 Å². The first-order chi connectivity index (χ1) is 12.7. The molecule has 0 aromatic heterocycles. The number of nitrogens with one attached hydrogen (secondary N) is 2. The lowest BCUT2D eigenvalue weighted by Crippen LogP contribution is -2.15. The summed E-state index contributed by atoms with van der Waals surface area (Å²) < 4.78 is 20.6. The quantitative estimate of drug-likeness (QED) is 0.691. The van der Waals surface area contributed by atoms with Gasteiger partial charge in [-0.05, 0) is 48.5 Å². The Bertz CT molecular complexity index is 912. The van der Waals surface area contributed by atoms with E-state index in [1.54, 1.807) is 55.6 Å². The number of methoxy groups -OCH3 is 1. The third-order valence-electron chi connectivity index (χ3n) is 3.68. The normalized spacial score (nSPS) is 11.4. The van der Waals surface area contributed by atoms with Crippen molar-refractivity contribution < 1.29 is 13.7 Å². The van der Waals surface area contributed by atoms with Gasteiger partial charge in [-0.15, -0.1) is 0 Å². The van der Waals surface area contributed by atoms with Crippen molar-refractivity contribution in [1.29, 1.82) is 0 Å². The first-order valence-corrected chi connectivity index (χ1v) is 9.10. The van der Waals surface area contributed by atoms with Crippen molar-refractivity contribution in [3.63, 3.8) is 0 Å². The molecular formula is C20H18N2O3S. The fourth-order valence-corrected chi connectivity index (χ4v) is 3.23. The Labute approximate surface area is 154 Å². The van der Waals surface area contributed by atoms with Crippen molar-refractivity contribution in [3.8, 4) is 5.75 Å². The molecule has 1 atom stereocenters. The summed E-state index contributed by atoms with van der Waals surface area (Å²) >= 11 is 0. The Hall–Kier alpha value is -3.12. The van der Waals surface area contributed by atoms with E-state index in [1.807, 2.05) is 30.3 Å². The van der Waals surface area contributed by atoms with Gasteiger partial charge in [0.1, 0.15) is 16.7 Å². The summed E-state index contributed by atoms with van der Waals surface area (Å²) in [5, 5.41) is 2.83. The largest absolute Gasteiger partial charge is 0.497 e. The molecule has 26 heavy (non-hydrogen) atoms. The molecule has 3 aromatic rings. The average Bonchev–Trinajstić information content (AvgIpc) is 2.69. The number of anilines is 2. The molecule has 0 spiro atoms. The van der Waals surface area contributed by atoms with Crippen LogP contribution in [0.3, 0.4) is 0 Å². The van der Waals surface area contributed by atoms with Crippen molar-refractivity contribution in [3.05, 3.63) is 84.4 Å². The monoisotopic (exact) mass is 366 g/mol. The second kappa shape index (κ2) is 8.31. The van der Waals surface area contributed by atoms with E-state index in [-0.39, 0.29) is 5.91 Å². The molecule has 1 unspecified atom stereocenters. The zero-order valence-corrected chi connectivity index (χ0v) is 15.0. The van der Waals surface area contributed by atoms with E-state index in [0.717, 1.165) is 0 Å². The number of ether oxygens (including phenoxy) is 1. The number of amides is 1. The predicted molar refractivity (Wildman–Crippen MR) is 104 cm³/mol. The zero-order chi connectivity index (χ0) is 18.4. The van der Waals surface area contributed by atoms with Crippen molar-refractivity contribution >= 4 is 28.3 Å². The van der Waals surface area contributed by atoms with Gasteiger partial charge in [0.25, 0.3) is 5.91 Å². The molecule has 3 rings (SSSR count). The van der Waals surface area contributed by atoms with E-state index in [0.29, 0.717) is 27.6 Å². The Morgan fingerprint density at radius 3 is 2.23 bits per heavy atom. The lowest BCUT2D eigenvalue weighted by molar-refractivity contribution is 0.102. The van der Waals surface area contributed by atoms with Crippen LogP contribution >= 0.6 is 0 Å². The second-order valence-corrected chi connectivity index (χ2v) is 6.63. The number of carbonyl (C=O) groups excluding carboxylic acids is 1. The fourth-order valence-electron chi connectivity index (χ4n) is 2.35. The summed E-state index contributed by atoms with van der Waals surface area (Å²) in [7, 11) is 0.0717. The summed E-state index contributed by atoms with van der Waals surface area (Å²) in [6.07, 6.45) is 0. The van der Waals surface area contributed by atoms with Crippen molar-refractivity contribution in [2.75, 3.05) is 17.1 Å². The van der Waals surface area contributed by atoms with E-state index >= 15 is 0 Å². The maximum absolute atomic E-state index is 12.6. The third kappa shape index (κ3) is 4.29. The van der Waals surface area contributed by atoms with Crippen molar-refractivity contribution in [1.82, 2.24) is 0 Å². The Morgan fingerprint density at radius 1 is 0.885 bits per heavy atom. The minimum absolute atomic E-state index is 0.272. The summed E-state index contributed by atoms with van der Waals surface area (Å²) in [5.41, 5.74) is 1.61. The smallest absolute Gasteiger partial charge is 0.257 e. The first-order valence-electron chi connectivity index (χ1n) is 7.95. The van der Waals surface area contributed by atoms with Gasteiger partial charge < -0.3 is 14.8 Å². The maximum Gasteiger partial charge on any atom is 0.257 e. The highest BCUT2D eigenvalue weighted by Gasteiger charge is 2.13. The Balaban J connectivity index is 1.78. The average molecular weight is 366 g/mol. The molecule has 1 amide bonds. The predicted octanol–water partition coefficient (Wildman–Crippen LogP) is 4.08. The molecule has 0 saturated carbocycles. The van der Waals surface area contributed by atoms with Gasteiger partial charge in [-0.1, -0.05) is 30.3 Å². The van der Waals surface area contributed by atoms with Crippen molar-refractivity contribution in [2.45, 2.75) is 4.90 Å². The standard InChI is InChI=1S/C20H18N2O3S/c1-25-16-11-13-17(14-12-16)26(24)22-19-10-6-5-9-18(19)20(23)21-15-7-3-2-4-8-15/h2-14,22H,1H3,(H,21,23). The first kappa shape index (κ1) is 17.7. The van der Waals surface area contributed by atoms with Crippen LogP contribution in [0.2, 0.25) is 0 Å². The van der Waals surface area contributed by atoms with Gasteiger partial charge in [0.15, 0.2) is 0 Å².